The summed E-state index contributed by atoms with van der Waals surface area (Å²) in [5.74, 6) is -0.801. The first-order valence-corrected chi connectivity index (χ1v) is 7.28. The summed E-state index contributed by atoms with van der Waals surface area (Å²) in [6, 6.07) is 5.98. The van der Waals surface area contributed by atoms with Crippen molar-refractivity contribution < 1.29 is 23.1 Å². The van der Waals surface area contributed by atoms with Gasteiger partial charge in [-0.15, -0.1) is 0 Å². The lowest BCUT2D eigenvalue weighted by molar-refractivity contribution is 0.0494. The number of pyridine rings is 1. The summed E-state index contributed by atoms with van der Waals surface area (Å²) in [7, 11) is 1.45. The summed E-state index contributed by atoms with van der Waals surface area (Å²) in [5, 5.41) is 3.44. The number of aromatic nitrogens is 1. The van der Waals surface area contributed by atoms with Crippen molar-refractivity contribution in [2.75, 3.05) is 19.0 Å². The zero-order chi connectivity index (χ0) is 17.1. The molecule has 0 spiro atoms. The van der Waals surface area contributed by atoms with Crippen molar-refractivity contribution in [1.82, 2.24) is 4.98 Å². The zero-order valence-electron chi connectivity index (χ0n) is 13.1. The number of methoxy groups -OCH3 is 1. The molecule has 0 saturated carbocycles. The summed E-state index contributed by atoms with van der Waals surface area (Å²) >= 11 is 0. The number of esters is 1. The SMILES string of the molecule is CCOC(=O)c1oc2ccncc2c1Nc1ccc(OC)cc1F. The molecule has 0 radical (unpaired) electrons. The van der Waals surface area contributed by atoms with Gasteiger partial charge < -0.3 is 19.2 Å². The van der Waals surface area contributed by atoms with Crippen LogP contribution in [-0.4, -0.2) is 24.7 Å². The van der Waals surface area contributed by atoms with E-state index in [9.17, 15) is 9.18 Å². The average molecular weight is 330 g/mol. The minimum Gasteiger partial charge on any atom is -0.497 e. The number of anilines is 2. The second-order valence-corrected chi connectivity index (χ2v) is 4.87. The van der Waals surface area contributed by atoms with Crippen molar-refractivity contribution in [3.8, 4) is 5.75 Å². The van der Waals surface area contributed by atoms with Crippen molar-refractivity contribution in [2.24, 2.45) is 0 Å². The van der Waals surface area contributed by atoms with Gasteiger partial charge in [0, 0.05) is 18.5 Å². The van der Waals surface area contributed by atoms with E-state index >= 15 is 0 Å². The van der Waals surface area contributed by atoms with Crippen molar-refractivity contribution >= 4 is 28.3 Å². The molecule has 0 aliphatic heterocycles. The Balaban J connectivity index is 2.07. The molecule has 6 nitrogen and oxygen atoms in total. The standard InChI is InChI=1S/C17H15FN2O4/c1-3-23-17(21)16-15(11-9-19-7-6-14(11)24-16)20-13-5-4-10(22-2)8-12(13)18/h4-9,20H,3H2,1-2H3. The molecule has 0 saturated heterocycles. The number of ether oxygens (including phenoxy) is 2. The molecule has 124 valence electrons. The number of rotatable bonds is 5. The highest BCUT2D eigenvalue weighted by Gasteiger charge is 2.23. The predicted octanol–water partition coefficient (Wildman–Crippen LogP) is 3.90. The van der Waals surface area contributed by atoms with Crippen molar-refractivity contribution in [2.45, 2.75) is 6.92 Å². The predicted molar refractivity (Wildman–Crippen MR) is 86.2 cm³/mol. The van der Waals surface area contributed by atoms with Crippen molar-refractivity contribution in [3.05, 3.63) is 48.2 Å². The number of fused-ring (bicyclic) bond motifs is 1. The highest BCUT2D eigenvalue weighted by molar-refractivity contribution is 6.05. The molecule has 0 fully saturated rings. The van der Waals surface area contributed by atoms with Crippen LogP contribution in [0.3, 0.4) is 0 Å². The smallest absolute Gasteiger partial charge is 0.376 e. The Morgan fingerprint density at radius 2 is 2.21 bits per heavy atom. The van der Waals surface area contributed by atoms with Crippen molar-refractivity contribution in [3.63, 3.8) is 0 Å². The number of nitrogens with one attached hydrogen (secondary N) is 1. The van der Waals surface area contributed by atoms with Crippen molar-refractivity contribution in [1.29, 1.82) is 0 Å². The number of benzene rings is 1. The lowest BCUT2D eigenvalue weighted by Gasteiger charge is -2.09. The second kappa shape index (κ2) is 6.57. The van der Waals surface area contributed by atoms with Gasteiger partial charge in [0.25, 0.3) is 0 Å². The van der Waals surface area contributed by atoms with E-state index in [1.165, 1.54) is 25.4 Å². The normalized spacial score (nSPS) is 10.6. The van der Waals surface area contributed by atoms with Crippen LogP contribution in [0.4, 0.5) is 15.8 Å². The molecule has 7 heteroatoms. The molecular formula is C17H15FN2O4. The van der Waals surface area contributed by atoms with E-state index in [0.29, 0.717) is 22.4 Å². The average Bonchev–Trinajstić information content (AvgIpc) is 2.95. The molecule has 0 bridgehead atoms. The Kier molecular flexibility index (Phi) is 4.33. The van der Waals surface area contributed by atoms with Crippen LogP contribution in [0.1, 0.15) is 17.5 Å². The fraction of sp³-hybridized carbons (Fsp3) is 0.176. The Bertz CT molecular complexity index is 891. The number of hydrogen-bond acceptors (Lipinski definition) is 6. The van der Waals surface area contributed by atoms with Gasteiger partial charge in [-0.25, -0.2) is 9.18 Å². The number of nitrogens with zero attached hydrogens (tertiary/aromatic N) is 1. The Morgan fingerprint density at radius 3 is 2.92 bits per heavy atom. The Labute approximate surface area is 137 Å². The molecule has 3 aromatic rings. The van der Waals surface area contributed by atoms with Gasteiger partial charge in [0.1, 0.15) is 22.8 Å². The fourth-order valence-electron chi connectivity index (χ4n) is 2.27. The van der Waals surface area contributed by atoms with Gasteiger partial charge in [0.05, 0.1) is 24.8 Å². The molecule has 2 aromatic heterocycles. The number of furan rings is 1. The minimum atomic E-state index is -0.634. The third kappa shape index (κ3) is 2.88. The van der Waals surface area contributed by atoms with Crippen LogP contribution in [0.5, 0.6) is 5.75 Å². The molecule has 0 atom stereocenters. The zero-order valence-corrected chi connectivity index (χ0v) is 13.1. The van der Waals surface area contributed by atoms with Gasteiger partial charge in [-0.2, -0.15) is 0 Å². The first-order chi connectivity index (χ1) is 11.6. The highest BCUT2D eigenvalue weighted by atomic mass is 19.1. The molecular weight excluding hydrogens is 315 g/mol. The molecule has 1 aromatic carbocycles. The van der Waals surface area contributed by atoms with Gasteiger partial charge in [-0.3, -0.25) is 4.98 Å². The fourth-order valence-corrected chi connectivity index (χ4v) is 2.27. The number of hydrogen-bond donors (Lipinski definition) is 1. The monoisotopic (exact) mass is 330 g/mol. The van der Waals surface area contributed by atoms with Crippen LogP contribution in [0.2, 0.25) is 0 Å². The van der Waals surface area contributed by atoms with Crippen LogP contribution in [0.25, 0.3) is 11.0 Å². The number of carbonyl (C=O) groups excluding carboxylic acids is 1. The maximum atomic E-state index is 14.2. The maximum Gasteiger partial charge on any atom is 0.376 e. The van der Waals surface area contributed by atoms with E-state index in [1.54, 1.807) is 25.3 Å². The third-order valence-electron chi connectivity index (χ3n) is 3.39. The summed E-state index contributed by atoms with van der Waals surface area (Å²) in [5.41, 5.74) is 0.929. The molecule has 3 rings (SSSR count). The molecule has 1 N–H and O–H groups in total. The summed E-state index contributed by atoms with van der Waals surface area (Å²) in [6.45, 7) is 1.89. The quantitative estimate of drug-likeness (QED) is 0.715. The Morgan fingerprint density at radius 1 is 1.38 bits per heavy atom. The number of halogens is 1. The lowest BCUT2D eigenvalue weighted by atomic mass is 10.2. The molecule has 24 heavy (non-hydrogen) atoms. The second-order valence-electron chi connectivity index (χ2n) is 4.87. The first-order valence-electron chi connectivity index (χ1n) is 7.28. The molecule has 0 unspecified atom stereocenters. The van der Waals surface area contributed by atoms with Crippen LogP contribution in [0.15, 0.2) is 41.1 Å². The van der Waals surface area contributed by atoms with E-state index in [-0.39, 0.29) is 18.1 Å². The van der Waals surface area contributed by atoms with E-state index in [1.807, 2.05) is 0 Å². The van der Waals surface area contributed by atoms with E-state index in [4.69, 9.17) is 13.9 Å². The molecule has 0 aliphatic carbocycles. The number of carbonyl (C=O) groups is 1. The molecule has 2 heterocycles. The minimum absolute atomic E-state index is 0.0323. The summed E-state index contributed by atoms with van der Waals surface area (Å²) in [4.78, 5) is 16.1. The van der Waals surface area contributed by atoms with Gasteiger partial charge in [-0.1, -0.05) is 0 Å². The van der Waals surface area contributed by atoms with Gasteiger partial charge >= 0.3 is 5.97 Å². The van der Waals surface area contributed by atoms with E-state index in [0.717, 1.165) is 0 Å². The largest absolute Gasteiger partial charge is 0.497 e. The van der Waals surface area contributed by atoms with E-state index < -0.39 is 11.8 Å². The van der Waals surface area contributed by atoms with Gasteiger partial charge in [0.15, 0.2) is 0 Å². The van der Waals surface area contributed by atoms with Crippen LogP contribution in [-0.2, 0) is 4.74 Å². The maximum absolute atomic E-state index is 14.2. The molecule has 0 amide bonds. The van der Waals surface area contributed by atoms with Gasteiger partial charge in [-0.05, 0) is 25.1 Å². The molecule has 0 aliphatic rings. The summed E-state index contributed by atoms with van der Waals surface area (Å²) < 4.78 is 29.7. The topological polar surface area (TPSA) is 73.6 Å². The van der Waals surface area contributed by atoms with Gasteiger partial charge in [0.2, 0.25) is 5.76 Å². The van der Waals surface area contributed by atoms with E-state index in [2.05, 4.69) is 10.3 Å². The van der Waals surface area contributed by atoms with Crippen LogP contribution >= 0.6 is 0 Å². The highest BCUT2D eigenvalue weighted by Crippen LogP contribution is 2.34. The van der Waals surface area contributed by atoms with Crippen LogP contribution in [0, 0.1) is 5.82 Å². The lowest BCUT2D eigenvalue weighted by Crippen LogP contribution is -2.06. The van der Waals surface area contributed by atoms with Crippen LogP contribution < -0.4 is 10.1 Å². The first kappa shape index (κ1) is 15.8. The third-order valence-corrected chi connectivity index (χ3v) is 3.39. The Hall–Kier alpha value is -3.09. The summed E-state index contributed by atoms with van der Waals surface area (Å²) in [6.07, 6.45) is 3.07.